The Morgan fingerprint density at radius 2 is 1.39 bits per heavy atom. The summed E-state index contributed by atoms with van der Waals surface area (Å²) < 4.78 is 11.4. The Kier molecular flexibility index (Phi) is 4.65. The van der Waals surface area contributed by atoms with Crippen LogP contribution < -0.4 is 9.47 Å². The fourth-order valence-corrected chi connectivity index (χ4v) is 1.65. The molecule has 2 aromatic rings. The number of rotatable bonds is 6. The molecule has 94 valence electrons. The summed E-state index contributed by atoms with van der Waals surface area (Å²) in [5.41, 5.74) is 0. The van der Waals surface area contributed by atoms with Crippen LogP contribution in [0.15, 0.2) is 60.7 Å². The minimum Gasteiger partial charge on any atom is -0.493 e. The third-order valence-corrected chi connectivity index (χ3v) is 2.62. The fourth-order valence-electron chi connectivity index (χ4n) is 1.65. The molecule has 0 aliphatic carbocycles. The first kappa shape index (κ1) is 12.5. The molecular weight excluding hydrogens is 224 g/mol. The lowest BCUT2D eigenvalue weighted by atomic mass is 10.3. The van der Waals surface area contributed by atoms with Crippen molar-refractivity contribution in [3.8, 4) is 11.5 Å². The highest BCUT2D eigenvalue weighted by Crippen LogP contribution is 2.13. The van der Waals surface area contributed by atoms with Crippen LogP contribution in [0.3, 0.4) is 0 Å². The van der Waals surface area contributed by atoms with Gasteiger partial charge in [-0.25, -0.2) is 0 Å². The molecule has 1 unspecified atom stereocenters. The van der Waals surface area contributed by atoms with Gasteiger partial charge < -0.3 is 9.47 Å². The van der Waals surface area contributed by atoms with Gasteiger partial charge in [-0.3, -0.25) is 0 Å². The Hall–Kier alpha value is -1.96. The van der Waals surface area contributed by atoms with Gasteiger partial charge in [0.05, 0.1) is 12.7 Å². The standard InChI is InChI=1S/C16H18O2/c1-14(18-16-10-6-3-7-11-16)12-13-17-15-8-4-2-5-9-15/h2-11,14H,12-13H2,1H3. The average molecular weight is 242 g/mol. The highest BCUT2D eigenvalue weighted by atomic mass is 16.5. The summed E-state index contributed by atoms with van der Waals surface area (Å²) in [6.45, 7) is 2.72. The zero-order chi connectivity index (χ0) is 12.6. The molecule has 0 aromatic heterocycles. The van der Waals surface area contributed by atoms with Crippen LogP contribution in [0.25, 0.3) is 0 Å². The molecule has 0 saturated carbocycles. The molecule has 0 fully saturated rings. The maximum Gasteiger partial charge on any atom is 0.119 e. The first-order valence-corrected chi connectivity index (χ1v) is 6.24. The second-order valence-electron chi connectivity index (χ2n) is 4.19. The van der Waals surface area contributed by atoms with Gasteiger partial charge in [0, 0.05) is 6.42 Å². The molecule has 0 spiro atoms. The van der Waals surface area contributed by atoms with Crippen LogP contribution in [0.5, 0.6) is 11.5 Å². The second-order valence-corrected chi connectivity index (χ2v) is 4.19. The summed E-state index contributed by atoms with van der Waals surface area (Å²) in [6.07, 6.45) is 1.01. The summed E-state index contributed by atoms with van der Waals surface area (Å²) in [6, 6.07) is 19.7. The average Bonchev–Trinajstić information content (AvgIpc) is 2.41. The van der Waals surface area contributed by atoms with Gasteiger partial charge in [-0.1, -0.05) is 36.4 Å². The molecule has 0 bridgehead atoms. The summed E-state index contributed by atoms with van der Waals surface area (Å²) in [4.78, 5) is 0. The molecule has 2 nitrogen and oxygen atoms in total. The van der Waals surface area contributed by atoms with Crippen molar-refractivity contribution in [3.63, 3.8) is 0 Å². The molecule has 0 amide bonds. The van der Waals surface area contributed by atoms with E-state index in [0.717, 1.165) is 17.9 Å². The van der Waals surface area contributed by atoms with E-state index in [2.05, 4.69) is 6.92 Å². The minimum absolute atomic E-state index is 0.149. The van der Waals surface area contributed by atoms with Crippen molar-refractivity contribution in [2.24, 2.45) is 0 Å². The lowest BCUT2D eigenvalue weighted by Crippen LogP contribution is -2.15. The molecule has 0 aliphatic heterocycles. The van der Waals surface area contributed by atoms with E-state index in [4.69, 9.17) is 9.47 Å². The summed E-state index contributed by atoms with van der Waals surface area (Å²) in [5, 5.41) is 0. The monoisotopic (exact) mass is 242 g/mol. The van der Waals surface area contributed by atoms with Gasteiger partial charge >= 0.3 is 0 Å². The molecule has 2 aromatic carbocycles. The lowest BCUT2D eigenvalue weighted by Gasteiger charge is -2.15. The number of hydrogen-bond donors (Lipinski definition) is 0. The molecule has 2 rings (SSSR count). The smallest absolute Gasteiger partial charge is 0.119 e. The Bertz CT molecular complexity index is 439. The molecule has 2 heteroatoms. The van der Waals surface area contributed by atoms with E-state index >= 15 is 0 Å². The van der Waals surface area contributed by atoms with Crippen LogP contribution in [0.1, 0.15) is 13.3 Å². The van der Waals surface area contributed by atoms with Crippen molar-refractivity contribution in [1.82, 2.24) is 0 Å². The largest absolute Gasteiger partial charge is 0.493 e. The zero-order valence-electron chi connectivity index (χ0n) is 10.6. The highest BCUT2D eigenvalue weighted by molar-refractivity contribution is 5.21. The first-order chi connectivity index (χ1) is 8.84. The summed E-state index contributed by atoms with van der Waals surface area (Å²) in [7, 11) is 0. The van der Waals surface area contributed by atoms with E-state index < -0.39 is 0 Å². The Balaban J connectivity index is 1.71. The zero-order valence-corrected chi connectivity index (χ0v) is 10.6. The van der Waals surface area contributed by atoms with Crippen molar-refractivity contribution in [1.29, 1.82) is 0 Å². The molecule has 0 heterocycles. The Morgan fingerprint density at radius 1 is 0.833 bits per heavy atom. The number of ether oxygens (including phenoxy) is 2. The topological polar surface area (TPSA) is 18.5 Å². The molecule has 0 radical (unpaired) electrons. The van der Waals surface area contributed by atoms with Crippen molar-refractivity contribution >= 4 is 0 Å². The van der Waals surface area contributed by atoms with Gasteiger partial charge in [0.15, 0.2) is 0 Å². The third kappa shape index (κ3) is 4.13. The third-order valence-electron chi connectivity index (χ3n) is 2.62. The van der Waals surface area contributed by atoms with Crippen LogP contribution in [-0.4, -0.2) is 12.7 Å². The van der Waals surface area contributed by atoms with E-state index in [1.54, 1.807) is 0 Å². The van der Waals surface area contributed by atoms with Gasteiger partial charge in [-0.05, 0) is 31.2 Å². The predicted molar refractivity (Wildman–Crippen MR) is 73.1 cm³/mol. The van der Waals surface area contributed by atoms with Crippen LogP contribution in [0, 0.1) is 0 Å². The molecule has 0 aliphatic rings. The maximum atomic E-state index is 5.77. The van der Waals surface area contributed by atoms with E-state index in [9.17, 15) is 0 Å². The molecule has 0 N–H and O–H groups in total. The Labute approximate surface area is 108 Å². The van der Waals surface area contributed by atoms with E-state index in [-0.39, 0.29) is 6.10 Å². The van der Waals surface area contributed by atoms with Gasteiger partial charge in [-0.15, -0.1) is 0 Å². The van der Waals surface area contributed by atoms with Gasteiger partial charge in [0.2, 0.25) is 0 Å². The SMILES string of the molecule is CC(CCOc1ccccc1)Oc1ccccc1. The van der Waals surface area contributed by atoms with Gasteiger partial charge in [-0.2, -0.15) is 0 Å². The number of benzene rings is 2. The van der Waals surface area contributed by atoms with E-state index in [1.165, 1.54) is 0 Å². The normalized spacial score (nSPS) is 11.8. The van der Waals surface area contributed by atoms with Crippen molar-refractivity contribution in [2.45, 2.75) is 19.4 Å². The van der Waals surface area contributed by atoms with Gasteiger partial charge in [0.25, 0.3) is 0 Å². The maximum absolute atomic E-state index is 5.77. The molecular formula is C16H18O2. The lowest BCUT2D eigenvalue weighted by molar-refractivity contribution is 0.177. The molecule has 0 saturated heterocycles. The first-order valence-electron chi connectivity index (χ1n) is 6.24. The van der Waals surface area contributed by atoms with Crippen LogP contribution in [0.4, 0.5) is 0 Å². The summed E-state index contributed by atoms with van der Waals surface area (Å²) in [5.74, 6) is 1.81. The molecule has 18 heavy (non-hydrogen) atoms. The van der Waals surface area contributed by atoms with Gasteiger partial charge in [0.1, 0.15) is 11.5 Å². The number of para-hydroxylation sites is 2. The fraction of sp³-hybridized carbons (Fsp3) is 0.250. The molecule has 1 atom stereocenters. The van der Waals surface area contributed by atoms with Crippen molar-refractivity contribution in [2.75, 3.05) is 6.61 Å². The predicted octanol–water partition coefficient (Wildman–Crippen LogP) is 3.92. The minimum atomic E-state index is 0.149. The summed E-state index contributed by atoms with van der Waals surface area (Å²) >= 11 is 0. The highest BCUT2D eigenvalue weighted by Gasteiger charge is 2.04. The quantitative estimate of drug-likeness (QED) is 0.764. The van der Waals surface area contributed by atoms with Crippen molar-refractivity contribution in [3.05, 3.63) is 60.7 Å². The van der Waals surface area contributed by atoms with E-state index in [0.29, 0.717) is 6.61 Å². The van der Waals surface area contributed by atoms with Crippen LogP contribution in [-0.2, 0) is 0 Å². The van der Waals surface area contributed by atoms with E-state index in [1.807, 2.05) is 60.7 Å². The van der Waals surface area contributed by atoms with Crippen molar-refractivity contribution < 1.29 is 9.47 Å². The van der Waals surface area contributed by atoms with Crippen LogP contribution in [0.2, 0.25) is 0 Å². The Morgan fingerprint density at radius 3 is 2.00 bits per heavy atom. The second kappa shape index (κ2) is 6.70. The number of hydrogen-bond acceptors (Lipinski definition) is 2. The van der Waals surface area contributed by atoms with Crippen LogP contribution >= 0.6 is 0 Å².